The molecular formula is C61H41NO. The molecule has 12 aromatic rings. The molecule has 0 aliphatic rings. The third kappa shape index (κ3) is 6.43. The highest BCUT2D eigenvalue weighted by Crippen LogP contribution is 2.41. The summed E-state index contributed by atoms with van der Waals surface area (Å²) in [5, 5.41) is 11.2. The Morgan fingerprint density at radius 3 is 1.51 bits per heavy atom. The van der Waals surface area contributed by atoms with Crippen molar-refractivity contribution in [2.45, 2.75) is 6.92 Å². The number of rotatable bonds is 7. The Morgan fingerprint density at radius 1 is 0.302 bits per heavy atom. The highest BCUT2D eigenvalue weighted by molar-refractivity contribution is 6.14. The van der Waals surface area contributed by atoms with Crippen molar-refractivity contribution in [3.63, 3.8) is 0 Å². The smallest absolute Gasteiger partial charge is 0.138 e. The molecule has 0 radical (unpaired) electrons. The van der Waals surface area contributed by atoms with Gasteiger partial charge in [-0.3, -0.25) is 0 Å². The summed E-state index contributed by atoms with van der Waals surface area (Å²) in [4.78, 5) is 2.38. The van der Waals surface area contributed by atoms with E-state index in [4.69, 9.17) is 4.42 Å². The molecule has 12 rings (SSSR count). The maximum Gasteiger partial charge on any atom is 0.138 e. The van der Waals surface area contributed by atoms with Crippen molar-refractivity contribution >= 4 is 71.1 Å². The van der Waals surface area contributed by atoms with Crippen LogP contribution in [-0.4, -0.2) is 0 Å². The van der Waals surface area contributed by atoms with Gasteiger partial charge in [0.1, 0.15) is 11.3 Å². The van der Waals surface area contributed by atoms with Crippen LogP contribution < -0.4 is 4.90 Å². The summed E-state index contributed by atoms with van der Waals surface area (Å²) in [5.41, 5.74) is 13.6. The van der Waals surface area contributed by atoms with Crippen LogP contribution in [0.3, 0.4) is 0 Å². The zero-order valence-corrected chi connectivity index (χ0v) is 34.8. The van der Waals surface area contributed by atoms with Crippen LogP contribution in [0, 0.1) is 6.92 Å². The van der Waals surface area contributed by atoms with Crippen LogP contribution in [0.4, 0.5) is 17.1 Å². The van der Waals surface area contributed by atoms with Crippen LogP contribution in [0.1, 0.15) is 5.56 Å². The average Bonchev–Trinajstić information content (AvgIpc) is 3.70. The Hall–Kier alpha value is -8.20. The first-order valence-corrected chi connectivity index (χ1v) is 21.7. The predicted octanol–water partition coefficient (Wildman–Crippen LogP) is 17.5. The maximum atomic E-state index is 6.32. The van der Waals surface area contributed by atoms with Crippen molar-refractivity contribution in [2.75, 3.05) is 4.90 Å². The minimum atomic E-state index is 0.920. The first-order valence-electron chi connectivity index (χ1n) is 21.7. The second-order valence-electron chi connectivity index (χ2n) is 16.5. The molecule has 0 bridgehead atoms. The van der Waals surface area contributed by atoms with Gasteiger partial charge in [0.05, 0.1) is 0 Å². The molecule has 0 aliphatic carbocycles. The number of furan rings is 1. The van der Waals surface area contributed by atoms with E-state index in [1.54, 1.807) is 0 Å². The van der Waals surface area contributed by atoms with Crippen LogP contribution in [0.25, 0.3) is 98.8 Å². The lowest BCUT2D eigenvalue weighted by molar-refractivity contribution is 0.629. The van der Waals surface area contributed by atoms with Crippen LogP contribution in [0.5, 0.6) is 0 Å². The molecule has 0 saturated heterocycles. The molecule has 63 heavy (non-hydrogen) atoms. The van der Waals surface area contributed by atoms with E-state index in [2.05, 4.69) is 230 Å². The molecule has 0 amide bonds. The molecule has 1 aromatic heterocycles. The van der Waals surface area contributed by atoms with Crippen molar-refractivity contribution in [1.29, 1.82) is 0 Å². The van der Waals surface area contributed by atoms with Gasteiger partial charge in [0.25, 0.3) is 0 Å². The van der Waals surface area contributed by atoms with Crippen LogP contribution >= 0.6 is 0 Å². The molecule has 0 unspecified atom stereocenters. The van der Waals surface area contributed by atoms with Gasteiger partial charge in [0.2, 0.25) is 0 Å². The van der Waals surface area contributed by atoms with Crippen molar-refractivity contribution in [3.05, 3.63) is 236 Å². The van der Waals surface area contributed by atoms with Crippen molar-refractivity contribution in [1.82, 2.24) is 0 Å². The first kappa shape index (κ1) is 36.6. The Labute approximate surface area is 366 Å². The Bertz CT molecular complexity index is 3670. The minimum absolute atomic E-state index is 0.920. The summed E-state index contributed by atoms with van der Waals surface area (Å²) in [6, 6.07) is 83.6. The number of para-hydroxylation sites is 1. The van der Waals surface area contributed by atoms with E-state index in [1.807, 2.05) is 12.1 Å². The third-order valence-electron chi connectivity index (χ3n) is 12.8. The maximum absolute atomic E-state index is 6.32. The third-order valence-corrected chi connectivity index (χ3v) is 12.8. The molecule has 0 spiro atoms. The number of hydrogen-bond donors (Lipinski definition) is 0. The van der Waals surface area contributed by atoms with E-state index in [9.17, 15) is 0 Å². The van der Waals surface area contributed by atoms with Crippen molar-refractivity contribution in [2.24, 2.45) is 0 Å². The quantitative estimate of drug-likeness (QED) is 0.149. The summed E-state index contributed by atoms with van der Waals surface area (Å²) in [5.74, 6) is 0.926. The van der Waals surface area contributed by atoms with Gasteiger partial charge in [-0.25, -0.2) is 0 Å². The van der Waals surface area contributed by atoms with E-state index >= 15 is 0 Å². The summed E-state index contributed by atoms with van der Waals surface area (Å²) >= 11 is 0. The zero-order chi connectivity index (χ0) is 41.9. The molecule has 0 aliphatic heterocycles. The van der Waals surface area contributed by atoms with E-state index in [-0.39, 0.29) is 0 Å². The van der Waals surface area contributed by atoms with Gasteiger partial charge < -0.3 is 9.32 Å². The van der Waals surface area contributed by atoms with Crippen molar-refractivity contribution in [3.8, 4) is 44.7 Å². The number of nitrogens with zero attached hydrogens (tertiary/aromatic N) is 1. The van der Waals surface area contributed by atoms with Gasteiger partial charge in [-0.2, -0.15) is 0 Å². The Morgan fingerprint density at radius 2 is 0.794 bits per heavy atom. The largest absolute Gasteiger partial charge is 0.456 e. The molecule has 11 aromatic carbocycles. The van der Waals surface area contributed by atoms with E-state index in [1.165, 1.54) is 76.5 Å². The molecule has 0 fully saturated rings. The number of hydrogen-bond acceptors (Lipinski definition) is 2. The summed E-state index contributed by atoms with van der Waals surface area (Å²) in [7, 11) is 0. The predicted molar refractivity (Wildman–Crippen MR) is 267 cm³/mol. The number of anilines is 3. The van der Waals surface area contributed by atoms with Crippen LogP contribution in [0.2, 0.25) is 0 Å². The van der Waals surface area contributed by atoms with Crippen molar-refractivity contribution < 1.29 is 4.42 Å². The van der Waals surface area contributed by atoms with Gasteiger partial charge in [-0.05, 0) is 138 Å². The van der Waals surface area contributed by atoms with Crippen LogP contribution in [0.15, 0.2) is 235 Å². The molecule has 1 heterocycles. The second-order valence-corrected chi connectivity index (χ2v) is 16.5. The molecule has 0 atom stereocenters. The van der Waals surface area contributed by atoms with Gasteiger partial charge in [0.15, 0.2) is 0 Å². The normalized spacial score (nSPS) is 11.6. The molecule has 2 nitrogen and oxygen atoms in total. The van der Waals surface area contributed by atoms with Gasteiger partial charge in [-0.15, -0.1) is 0 Å². The van der Waals surface area contributed by atoms with E-state index < -0.39 is 0 Å². The topological polar surface area (TPSA) is 16.4 Å². The highest BCUT2D eigenvalue weighted by Gasteiger charge is 2.17. The lowest BCUT2D eigenvalue weighted by Gasteiger charge is -2.26. The summed E-state index contributed by atoms with van der Waals surface area (Å²) in [6.45, 7) is 2.14. The molecule has 0 saturated carbocycles. The van der Waals surface area contributed by atoms with Gasteiger partial charge >= 0.3 is 0 Å². The Balaban J connectivity index is 0.895. The van der Waals surface area contributed by atoms with E-state index in [0.717, 1.165) is 44.9 Å². The highest BCUT2D eigenvalue weighted by atomic mass is 16.3. The molecule has 0 N–H and O–H groups in total. The fourth-order valence-corrected chi connectivity index (χ4v) is 9.62. The SMILES string of the molecule is Cc1c(-c2cccc(-c3ccc(-c4ccc(N(c5ccc(-c6cc7ccccc7c7ccccc67)cc5)c5ccc6c(ccc7ccccc76)c5)cc4)cc3)c2)oc2ccccc12. The zero-order valence-electron chi connectivity index (χ0n) is 34.8. The lowest BCUT2D eigenvalue weighted by Crippen LogP contribution is -2.09. The van der Waals surface area contributed by atoms with Gasteiger partial charge in [-0.1, -0.05) is 176 Å². The number of fused-ring (bicyclic) bond motifs is 7. The minimum Gasteiger partial charge on any atom is -0.456 e. The summed E-state index contributed by atoms with van der Waals surface area (Å²) < 4.78 is 6.32. The summed E-state index contributed by atoms with van der Waals surface area (Å²) in [6.07, 6.45) is 0. The monoisotopic (exact) mass is 803 g/mol. The Kier molecular flexibility index (Phi) is 8.76. The molecular weight excluding hydrogens is 763 g/mol. The number of benzene rings is 11. The average molecular weight is 804 g/mol. The fraction of sp³-hybridized carbons (Fsp3) is 0.0164. The second kappa shape index (κ2) is 15.1. The molecule has 296 valence electrons. The van der Waals surface area contributed by atoms with Gasteiger partial charge in [0, 0.05) is 33.6 Å². The standard InChI is InChI=1S/C61H41NO/c1-40-53-15-8-9-20-60(53)63-61(40)49-14-10-13-46(37-49)43-23-21-41(22-24-43)42-27-31-50(32-28-42)62(52-35-36-56-48(38-52)26-25-44-11-2-4-16-54(44)56)51-33-29-45(30-34-51)59-39-47-12-3-5-17-55(47)57-18-6-7-19-58(57)59/h2-39H,1H3. The lowest BCUT2D eigenvalue weighted by atomic mass is 9.93. The number of aryl methyl sites for hydroxylation is 1. The first-order chi connectivity index (χ1) is 31.1. The van der Waals surface area contributed by atoms with Crippen LogP contribution in [-0.2, 0) is 0 Å². The fourth-order valence-electron chi connectivity index (χ4n) is 9.62. The molecule has 2 heteroatoms. The van der Waals surface area contributed by atoms with E-state index in [0.29, 0.717) is 0 Å².